The summed E-state index contributed by atoms with van der Waals surface area (Å²) >= 11 is 0. The van der Waals surface area contributed by atoms with E-state index < -0.39 is 34.0 Å². The Morgan fingerprint density at radius 1 is 1.11 bits per heavy atom. The van der Waals surface area contributed by atoms with Gasteiger partial charge in [0.2, 0.25) is 10.0 Å². The molecule has 0 radical (unpaired) electrons. The molecule has 1 amide bonds. The van der Waals surface area contributed by atoms with E-state index in [0.29, 0.717) is 17.1 Å². The first-order valence-electron chi connectivity index (χ1n) is 10.7. The number of aryl methyl sites for hydroxylation is 1. The highest BCUT2D eigenvalue weighted by Crippen LogP contribution is 2.30. The van der Waals surface area contributed by atoms with Crippen LogP contribution in [-0.2, 0) is 24.3 Å². The van der Waals surface area contributed by atoms with Gasteiger partial charge in [-0.05, 0) is 75.2 Å². The number of amides is 1. The molecule has 0 aliphatic rings. The zero-order valence-corrected chi connectivity index (χ0v) is 21.5. The minimum Gasteiger partial charge on any atom is -0.495 e. The monoisotopic (exact) mass is 505 g/mol. The van der Waals surface area contributed by atoms with Gasteiger partial charge < -0.3 is 14.2 Å². The fraction of sp³-hybridized carbons (Fsp3) is 0.375. The van der Waals surface area contributed by atoms with Gasteiger partial charge in [-0.1, -0.05) is 6.07 Å². The Labute approximate surface area is 205 Å². The maximum absolute atomic E-state index is 12.4. The zero-order valence-electron chi connectivity index (χ0n) is 20.7. The summed E-state index contributed by atoms with van der Waals surface area (Å²) in [6, 6.07) is 11.7. The van der Waals surface area contributed by atoms with Crippen LogP contribution >= 0.6 is 0 Å². The molecule has 0 saturated carbocycles. The maximum atomic E-state index is 12.4. The summed E-state index contributed by atoms with van der Waals surface area (Å²) in [6.45, 7) is 6.43. The van der Waals surface area contributed by atoms with Crippen molar-refractivity contribution >= 4 is 33.8 Å². The van der Waals surface area contributed by atoms with Gasteiger partial charge in [0.15, 0.2) is 6.61 Å². The standard InChI is InChI=1S/C24H31N3O7S/c1-17-7-12-21(32-5)20(13-17)27(35(6,30)31)15-22(28)26-25-14-18-8-10-19(11-9-18)33-16-23(29)34-24(2,3)4/h7-14H,15-16H2,1-6H3,(H,26,28)/b25-14-. The normalized spacial score (nSPS) is 11.7. The van der Waals surface area contributed by atoms with Crippen molar-refractivity contribution in [2.45, 2.75) is 33.3 Å². The van der Waals surface area contributed by atoms with Gasteiger partial charge in [-0.25, -0.2) is 18.6 Å². The van der Waals surface area contributed by atoms with Gasteiger partial charge in [0.1, 0.15) is 23.6 Å². The van der Waals surface area contributed by atoms with Crippen molar-refractivity contribution in [3.8, 4) is 11.5 Å². The Balaban J connectivity index is 1.97. The summed E-state index contributed by atoms with van der Waals surface area (Å²) in [7, 11) is -2.35. The highest BCUT2D eigenvalue weighted by molar-refractivity contribution is 7.92. The van der Waals surface area contributed by atoms with Gasteiger partial charge in [-0.3, -0.25) is 9.10 Å². The second kappa shape index (κ2) is 11.7. The van der Waals surface area contributed by atoms with E-state index in [4.69, 9.17) is 14.2 Å². The SMILES string of the molecule is COc1ccc(C)cc1N(CC(=O)N/N=C\c1ccc(OCC(=O)OC(C)(C)C)cc1)S(C)(=O)=O. The fourth-order valence-electron chi connectivity index (χ4n) is 2.88. The molecule has 0 aliphatic carbocycles. The van der Waals surface area contributed by atoms with Crippen LogP contribution in [0.4, 0.5) is 5.69 Å². The molecule has 0 aromatic heterocycles. The molecule has 0 aliphatic heterocycles. The van der Waals surface area contributed by atoms with Crippen LogP contribution in [0.15, 0.2) is 47.6 Å². The molecule has 10 nitrogen and oxygen atoms in total. The number of esters is 1. The third-order valence-electron chi connectivity index (χ3n) is 4.35. The highest BCUT2D eigenvalue weighted by atomic mass is 32.2. The number of nitrogens with one attached hydrogen (secondary N) is 1. The molecule has 2 rings (SSSR count). The molecule has 0 heterocycles. The van der Waals surface area contributed by atoms with Crippen LogP contribution in [-0.4, -0.2) is 58.6 Å². The lowest BCUT2D eigenvalue weighted by Gasteiger charge is -2.23. The van der Waals surface area contributed by atoms with Crippen LogP contribution in [0.5, 0.6) is 11.5 Å². The molecule has 0 bridgehead atoms. The van der Waals surface area contributed by atoms with Crippen LogP contribution in [0.3, 0.4) is 0 Å². The highest BCUT2D eigenvalue weighted by Gasteiger charge is 2.24. The van der Waals surface area contributed by atoms with Crippen molar-refractivity contribution in [1.82, 2.24) is 5.43 Å². The van der Waals surface area contributed by atoms with Gasteiger partial charge in [0.05, 0.1) is 25.3 Å². The van der Waals surface area contributed by atoms with E-state index in [2.05, 4.69) is 10.5 Å². The van der Waals surface area contributed by atoms with Crippen molar-refractivity contribution in [2.75, 3.05) is 30.8 Å². The molecule has 0 saturated heterocycles. The zero-order chi connectivity index (χ0) is 26.2. The molecule has 190 valence electrons. The van der Waals surface area contributed by atoms with Crippen molar-refractivity contribution < 1.29 is 32.2 Å². The number of methoxy groups -OCH3 is 1. The van der Waals surface area contributed by atoms with Crippen molar-refractivity contribution in [1.29, 1.82) is 0 Å². The predicted octanol–water partition coefficient (Wildman–Crippen LogP) is 2.64. The lowest BCUT2D eigenvalue weighted by Crippen LogP contribution is -2.39. The Hall–Kier alpha value is -3.60. The molecule has 0 unspecified atom stereocenters. The molecule has 1 N–H and O–H groups in total. The Bertz CT molecular complexity index is 1170. The van der Waals surface area contributed by atoms with Crippen molar-refractivity contribution in [3.05, 3.63) is 53.6 Å². The van der Waals surface area contributed by atoms with Gasteiger partial charge in [0, 0.05) is 0 Å². The number of hydrogen-bond acceptors (Lipinski definition) is 8. The van der Waals surface area contributed by atoms with Crippen LogP contribution in [0.2, 0.25) is 0 Å². The molecule has 11 heteroatoms. The molecule has 0 spiro atoms. The topological polar surface area (TPSA) is 124 Å². The van der Waals surface area contributed by atoms with Gasteiger partial charge in [0.25, 0.3) is 5.91 Å². The number of ether oxygens (including phenoxy) is 3. The van der Waals surface area contributed by atoms with Crippen LogP contribution in [0.25, 0.3) is 0 Å². The molecule has 0 fully saturated rings. The summed E-state index contributed by atoms with van der Waals surface area (Å²) in [6.07, 6.45) is 2.41. The number of rotatable bonds is 10. The number of hydrogen-bond donors (Lipinski definition) is 1. The number of benzene rings is 2. The number of carbonyl (C=O) groups excluding carboxylic acids is 2. The van der Waals surface area contributed by atoms with Crippen molar-refractivity contribution in [2.24, 2.45) is 5.10 Å². The average Bonchev–Trinajstić information content (AvgIpc) is 2.75. The molecule has 2 aromatic rings. The molecule has 35 heavy (non-hydrogen) atoms. The number of sulfonamides is 1. The molecule has 2 aromatic carbocycles. The Kier molecular flexibility index (Phi) is 9.24. The van der Waals surface area contributed by atoms with Crippen LogP contribution in [0.1, 0.15) is 31.9 Å². The van der Waals surface area contributed by atoms with Crippen LogP contribution < -0.4 is 19.2 Å². The van der Waals surface area contributed by atoms with E-state index >= 15 is 0 Å². The van der Waals surface area contributed by atoms with E-state index in [1.54, 1.807) is 63.2 Å². The second-order valence-corrected chi connectivity index (χ2v) is 10.6. The minimum atomic E-state index is -3.77. The first-order chi connectivity index (χ1) is 16.3. The van der Waals surface area contributed by atoms with Crippen LogP contribution in [0, 0.1) is 6.92 Å². The van der Waals surface area contributed by atoms with E-state index in [1.165, 1.54) is 13.3 Å². The number of hydrazone groups is 1. The summed E-state index contributed by atoms with van der Waals surface area (Å²) in [5.41, 5.74) is 3.46. The fourth-order valence-corrected chi connectivity index (χ4v) is 3.74. The lowest BCUT2D eigenvalue weighted by atomic mass is 10.2. The average molecular weight is 506 g/mol. The van der Waals surface area contributed by atoms with E-state index in [1.807, 2.05) is 6.92 Å². The van der Waals surface area contributed by atoms with Gasteiger partial charge >= 0.3 is 5.97 Å². The second-order valence-electron chi connectivity index (χ2n) is 8.68. The summed E-state index contributed by atoms with van der Waals surface area (Å²) in [5.74, 6) is -0.316. The Morgan fingerprint density at radius 3 is 2.34 bits per heavy atom. The van der Waals surface area contributed by atoms with Crippen molar-refractivity contribution in [3.63, 3.8) is 0 Å². The van der Waals surface area contributed by atoms with E-state index in [-0.39, 0.29) is 12.3 Å². The predicted molar refractivity (Wildman–Crippen MR) is 133 cm³/mol. The smallest absolute Gasteiger partial charge is 0.344 e. The third-order valence-corrected chi connectivity index (χ3v) is 5.48. The summed E-state index contributed by atoms with van der Waals surface area (Å²) in [4.78, 5) is 24.1. The molecule has 0 atom stereocenters. The summed E-state index contributed by atoms with van der Waals surface area (Å²) < 4.78 is 41.5. The number of anilines is 1. The molecular formula is C24H31N3O7S. The first kappa shape index (κ1) is 27.6. The minimum absolute atomic E-state index is 0.219. The maximum Gasteiger partial charge on any atom is 0.344 e. The van der Waals surface area contributed by atoms with E-state index in [0.717, 1.165) is 16.1 Å². The number of nitrogens with zero attached hydrogens (tertiary/aromatic N) is 2. The first-order valence-corrected chi connectivity index (χ1v) is 12.5. The largest absolute Gasteiger partial charge is 0.495 e. The quantitative estimate of drug-likeness (QED) is 0.299. The van der Waals surface area contributed by atoms with Gasteiger partial charge in [-0.2, -0.15) is 5.10 Å². The summed E-state index contributed by atoms with van der Waals surface area (Å²) in [5, 5.41) is 3.88. The Morgan fingerprint density at radius 2 is 1.77 bits per heavy atom. The molecular weight excluding hydrogens is 474 g/mol. The van der Waals surface area contributed by atoms with Gasteiger partial charge in [-0.15, -0.1) is 0 Å². The lowest BCUT2D eigenvalue weighted by molar-refractivity contribution is -0.157. The third kappa shape index (κ3) is 9.28. The number of carbonyl (C=O) groups is 2. The van der Waals surface area contributed by atoms with E-state index in [9.17, 15) is 18.0 Å².